The Morgan fingerprint density at radius 2 is 2.25 bits per heavy atom. The Morgan fingerprint density at radius 1 is 1.50 bits per heavy atom. The second kappa shape index (κ2) is 7.27. The molecule has 0 radical (unpaired) electrons. The van der Waals surface area contributed by atoms with Crippen molar-refractivity contribution in [3.63, 3.8) is 0 Å². The minimum Gasteiger partial charge on any atom is -0.384 e. The first-order valence-corrected chi connectivity index (χ1v) is 6.10. The smallest absolute Gasteiger partial charge is 0.265 e. The summed E-state index contributed by atoms with van der Waals surface area (Å²) in [7, 11) is 1.68. The van der Waals surface area contributed by atoms with E-state index in [0.717, 1.165) is 23.7 Å². The van der Waals surface area contributed by atoms with Gasteiger partial charge in [0.25, 0.3) is 5.91 Å². The van der Waals surface area contributed by atoms with Crippen molar-refractivity contribution < 1.29 is 9.53 Å². The van der Waals surface area contributed by atoms with Gasteiger partial charge in [-0.15, -0.1) is 0 Å². The molecule has 1 rings (SSSR count). The molecule has 0 heterocycles. The van der Waals surface area contributed by atoms with Crippen LogP contribution in [0.1, 0.15) is 15.9 Å². The summed E-state index contributed by atoms with van der Waals surface area (Å²) in [5.41, 5.74) is 3.78. The van der Waals surface area contributed by atoms with Crippen LogP contribution in [0.4, 0.5) is 0 Å². The number of hydrazine groups is 1. The van der Waals surface area contributed by atoms with Crippen LogP contribution in [0.3, 0.4) is 0 Å². The summed E-state index contributed by atoms with van der Waals surface area (Å²) in [6.45, 7) is 0.718. The summed E-state index contributed by atoms with van der Waals surface area (Å²) in [5.74, 6) is 6.57. The molecule has 3 N–H and O–H groups in total. The van der Waals surface area contributed by atoms with Crippen LogP contribution in [-0.4, -0.2) is 25.4 Å². The molecule has 16 heavy (non-hydrogen) atoms. The molecule has 0 fully saturated rings. The summed E-state index contributed by atoms with van der Waals surface area (Å²) < 4.78 is 4.96. The van der Waals surface area contributed by atoms with Gasteiger partial charge in [0.2, 0.25) is 0 Å². The number of nitrogen functional groups attached to an aromatic ring is 1. The molecule has 0 aliphatic heterocycles. The number of thioether (sulfide) groups is 1. The molecule has 0 aromatic heterocycles. The number of carbonyl (C=O) groups is 1. The van der Waals surface area contributed by atoms with E-state index in [-0.39, 0.29) is 5.91 Å². The number of ether oxygens (including phenoxy) is 1. The average Bonchev–Trinajstić information content (AvgIpc) is 2.34. The van der Waals surface area contributed by atoms with E-state index in [4.69, 9.17) is 10.6 Å². The van der Waals surface area contributed by atoms with Crippen LogP contribution in [0.2, 0.25) is 0 Å². The maximum Gasteiger partial charge on any atom is 0.265 e. The molecule has 0 bridgehead atoms. The summed E-state index contributed by atoms with van der Waals surface area (Å²) in [6, 6.07) is 7.45. The van der Waals surface area contributed by atoms with Crippen molar-refractivity contribution in [3.05, 3.63) is 35.4 Å². The monoisotopic (exact) mass is 240 g/mol. The highest BCUT2D eigenvalue weighted by Gasteiger charge is 2.08. The highest BCUT2D eigenvalue weighted by Crippen LogP contribution is 2.16. The van der Waals surface area contributed by atoms with Crippen LogP contribution in [0.25, 0.3) is 0 Å². The third kappa shape index (κ3) is 3.84. The number of methoxy groups -OCH3 is 1. The largest absolute Gasteiger partial charge is 0.384 e. The Morgan fingerprint density at radius 3 is 2.94 bits per heavy atom. The van der Waals surface area contributed by atoms with Gasteiger partial charge in [0, 0.05) is 24.2 Å². The van der Waals surface area contributed by atoms with Gasteiger partial charge in [-0.2, -0.15) is 11.8 Å². The maximum absolute atomic E-state index is 11.5. The van der Waals surface area contributed by atoms with E-state index in [0.29, 0.717) is 5.56 Å². The first-order chi connectivity index (χ1) is 7.79. The lowest BCUT2D eigenvalue weighted by atomic mass is 10.1. The summed E-state index contributed by atoms with van der Waals surface area (Å²) >= 11 is 1.73. The van der Waals surface area contributed by atoms with Crippen molar-refractivity contribution in [2.24, 2.45) is 5.84 Å². The van der Waals surface area contributed by atoms with Crippen LogP contribution >= 0.6 is 11.8 Å². The number of nitrogens with one attached hydrogen (secondary N) is 1. The molecule has 1 aromatic carbocycles. The van der Waals surface area contributed by atoms with Crippen molar-refractivity contribution in [2.45, 2.75) is 5.75 Å². The molecule has 1 amide bonds. The van der Waals surface area contributed by atoms with E-state index >= 15 is 0 Å². The quantitative estimate of drug-likeness (QED) is 0.339. The molecule has 0 aliphatic carbocycles. The fraction of sp³-hybridized carbons (Fsp3) is 0.364. The van der Waals surface area contributed by atoms with Crippen molar-refractivity contribution in [3.8, 4) is 0 Å². The van der Waals surface area contributed by atoms with Crippen LogP contribution in [0.5, 0.6) is 0 Å². The second-order valence-electron chi connectivity index (χ2n) is 3.18. The Bertz CT molecular complexity index is 345. The molecule has 0 aliphatic rings. The van der Waals surface area contributed by atoms with Gasteiger partial charge in [-0.3, -0.25) is 10.2 Å². The van der Waals surface area contributed by atoms with Gasteiger partial charge in [-0.25, -0.2) is 5.84 Å². The standard InChI is InChI=1S/C11H16N2O2S/c1-15-6-7-16-8-9-4-2-3-5-10(9)11(14)13-12/h2-5H,6-8,12H2,1H3,(H,13,14). The molecule has 5 heteroatoms. The SMILES string of the molecule is COCCSCc1ccccc1C(=O)NN. The van der Waals surface area contributed by atoms with E-state index in [2.05, 4.69) is 5.43 Å². The highest BCUT2D eigenvalue weighted by atomic mass is 32.2. The highest BCUT2D eigenvalue weighted by molar-refractivity contribution is 7.98. The number of nitrogens with two attached hydrogens (primary N) is 1. The molecule has 88 valence electrons. The van der Waals surface area contributed by atoms with E-state index in [1.165, 1.54) is 0 Å². The number of rotatable bonds is 6. The third-order valence-electron chi connectivity index (χ3n) is 2.08. The topological polar surface area (TPSA) is 64.3 Å². The molecule has 1 aromatic rings. The maximum atomic E-state index is 11.5. The van der Waals surface area contributed by atoms with Crippen LogP contribution in [-0.2, 0) is 10.5 Å². The predicted octanol–water partition coefficient (Wildman–Crippen LogP) is 1.17. The van der Waals surface area contributed by atoms with Crippen molar-refractivity contribution >= 4 is 17.7 Å². The fourth-order valence-corrected chi connectivity index (χ4v) is 2.17. The van der Waals surface area contributed by atoms with Crippen LogP contribution in [0, 0.1) is 0 Å². The Kier molecular flexibility index (Phi) is 5.92. The van der Waals surface area contributed by atoms with Gasteiger partial charge in [-0.1, -0.05) is 18.2 Å². The first kappa shape index (κ1) is 13.0. The van der Waals surface area contributed by atoms with E-state index < -0.39 is 0 Å². The van der Waals surface area contributed by atoms with E-state index in [1.807, 2.05) is 18.2 Å². The minimum atomic E-state index is -0.247. The van der Waals surface area contributed by atoms with E-state index in [1.54, 1.807) is 24.9 Å². The van der Waals surface area contributed by atoms with Gasteiger partial charge >= 0.3 is 0 Å². The Hall–Kier alpha value is -1.04. The molecule has 0 unspecified atom stereocenters. The lowest BCUT2D eigenvalue weighted by Crippen LogP contribution is -2.30. The molecule has 0 saturated carbocycles. The zero-order valence-corrected chi connectivity index (χ0v) is 10.0. The van der Waals surface area contributed by atoms with Crippen molar-refractivity contribution in [2.75, 3.05) is 19.5 Å². The van der Waals surface area contributed by atoms with Gasteiger partial charge in [0.1, 0.15) is 0 Å². The summed E-state index contributed by atoms with van der Waals surface area (Å²) in [5, 5.41) is 0. The number of carbonyl (C=O) groups excluding carboxylic acids is 1. The number of benzene rings is 1. The minimum absolute atomic E-state index is 0.247. The molecular formula is C11H16N2O2S. The van der Waals surface area contributed by atoms with Crippen molar-refractivity contribution in [1.29, 1.82) is 0 Å². The normalized spacial score (nSPS) is 10.1. The first-order valence-electron chi connectivity index (χ1n) is 4.95. The van der Waals surface area contributed by atoms with Gasteiger partial charge < -0.3 is 4.74 Å². The molecule has 0 atom stereocenters. The van der Waals surface area contributed by atoms with Gasteiger partial charge in [0.05, 0.1) is 6.61 Å². The molecular weight excluding hydrogens is 224 g/mol. The summed E-state index contributed by atoms with van der Waals surface area (Å²) in [6.07, 6.45) is 0. The van der Waals surface area contributed by atoms with Gasteiger partial charge in [-0.05, 0) is 11.6 Å². The zero-order chi connectivity index (χ0) is 11.8. The Balaban J connectivity index is 2.60. The molecule has 4 nitrogen and oxygen atoms in total. The lowest BCUT2D eigenvalue weighted by Gasteiger charge is -2.07. The average molecular weight is 240 g/mol. The number of hydrogen-bond acceptors (Lipinski definition) is 4. The van der Waals surface area contributed by atoms with Crippen LogP contribution < -0.4 is 11.3 Å². The van der Waals surface area contributed by atoms with Crippen LogP contribution in [0.15, 0.2) is 24.3 Å². The number of amides is 1. The second-order valence-corrected chi connectivity index (χ2v) is 4.28. The van der Waals surface area contributed by atoms with Crippen molar-refractivity contribution in [1.82, 2.24) is 5.43 Å². The molecule has 0 saturated heterocycles. The lowest BCUT2D eigenvalue weighted by molar-refractivity contribution is 0.0953. The summed E-state index contributed by atoms with van der Waals surface area (Å²) in [4.78, 5) is 11.5. The third-order valence-corrected chi connectivity index (χ3v) is 3.05. The Labute approximate surface area is 99.5 Å². The zero-order valence-electron chi connectivity index (χ0n) is 9.23. The van der Waals surface area contributed by atoms with Gasteiger partial charge in [0.15, 0.2) is 0 Å². The molecule has 0 spiro atoms. The fourth-order valence-electron chi connectivity index (χ4n) is 1.27. The van der Waals surface area contributed by atoms with E-state index in [9.17, 15) is 4.79 Å². The number of hydrogen-bond donors (Lipinski definition) is 2. The predicted molar refractivity (Wildman–Crippen MR) is 66.1 cm³/mol.